The lowest BCUT2D eigenvalue weighted by Crippen LogP contribution is -2.35. The summed E-state index contributed by atoms with van der Waals surface area (Å²) in [6, 6.07) is 19.5. The molecule has 0 atom stereocenters. The highest BCUT2D eigenvalue weighted by molar-refractivity contribution is 5.82. The van der Waals surface area contributed by atoms with Gasteiger partial charge in [-0.25, -0.2) is 4.79 Å². The molecule has 170 valence electrons. The lowest BCUT2D eigenvalue weighted by atomic mass is 10.1. The molecule has 9 heteroatoms. The number of methoxy groups -OCH3 is 2. The summed E-state index contributed by atoms with van der Waals surface area (Å²) in [5.74, 6) is 2.07. The van der Waals surface area contributed by atoms with Crippen molar-refractivity contribution in [3.8, 4) is 34.3 Å². The largest absolute Gasteiger partial charge is 0.497 e. The highest BCUT2D eigenvalue weighted by Crippen LogP contribution is 2.25. The van der Waals surface area contributed by atoms with Crippen molar-refractivity contribution in [3.05, 3.63) is 93.1 Å². The highest BCUT2D eigenvalue weighted by atomic mass is 16.5. The first kappa shape index (κ1) is 21.2. The summed E-state index contributed by atoms with van der Waals surface area (Å²) in [5.41, 5.74) is 1.61. The predicted molar refractivity (Wildman–Crippen MR) is 126 cm³/mol. The fourth-order valence-corrected chi connectivity index (χ4v) is 3.68. The van der Waals surface area contributed by atoms with Crippen LogP contribution in [0.2, 0.25) is 0 Å². The lowest BCUT2D eigenvalue weighted by Gasteiger charge is -2.08. The van der Waals surface area contributed by atoms with Gasteiger partial charge in [0.05, 0.1) is 31.7 Å². The molecule has 2 aromatic heterocycles. The first-order valence-corrected chi connectivity index (χ1v) is 10.4. The van der Waals surface area contributed by atoms with Gasteiger partial charge in [-0.2, -0.15) is 4.98 Å². The van der Waals surface area contributed by atoms with Crippen LogP contribution in [0.4, 0.5) is 0 Å². The van der Waals surface area contributed by atoms with Gasteiger partial charge in [-0.1, -0.05) is 17.3 Å². The number of fused-ring (bicyclic) bond motifs is 1. The molecule has 2 heterocycles. The number of ether oxygens (including phenoxy) is 2. The smallest absolute Gasteiger partial charge is 0.329 e. The van der Waals surface area contributed by atoms with Crippen LogP contribution < -0.4 is 20.7 Å². The predicted octanol–water partition coefficient (Wildman–Crippen LogP) is 3.47. The summed E-state index contributed by atoms with van der Waals surface area (Å²) < 4.78 is 17.0. The number of rotatable bonds is 6. The second kappa shape index (κ2) is 8.70. The average Bonchev–Trinajstić information content (AvgIpc) is 3.37. The first-order valence-electron chi connectivity index (χ1n) is 10.4. The number of benzene rings is 3. The van der Waals surface area contributed by atoms with Gasteiger partial charge in [0.25, 0.3) is 11.4 Å². The van der Waals surface area contributed by atoms with Crippen LogP contribution in [0, 0.1) is 0 Å². The molecule has 3 aromatic carbocycles. The number of nitrogens with one attached hydrogen (secondary N) is 1. The van der Waals surface area contributed by atoms with Crippen molar-refractivity contribution in [2.45, 2.75) is 6.54 Å². The number of hydrogen-bond donors (Lipinski definition) is 1. The minimum absolute atomic E-state index is 0.123. The Bertz CT molecular complexity index is 1600. The fourth-order valence-electron chi connectivity index (χ4n) is 3.68. The third-order valence-corrected chi connectivity index (χ3v) is 5.48. The van der Waals surface area contributed by atoms with E-state index in [1.165, 1.54) is 0 Å². The maximum absolute atomic E-state index is 13.0. The molecule has 0 spiro atoms. The van der Waals surface area contributed by atoms with Gasteiger partial charge in [-0.05, 0) is 60.2 Å². The molecular formula is C25H20N4O5. The summed E-state index contributed by atoms with van der Waals surface area (Å²) in [6.45, 7) is 0.123. The molecule has 0 aliphatic heterocycles. The van der Waals surface area contributed by atoms with Gasteiger partial charge in [0.15, 0.2) is 0 Å². The third-order valence-electron chi connectivity index (χ3n) is 5.48. The van der Waals surface area contributed by atoms with Gasteiger partial charge in [0, 0.05) is 11.1 Å². The van der Waals surface area contributed by atoms with Crippen molar-refractivity contribution in [2.24, 2.45) is 0 Å². The zero-order valence-corrected chi connectivity index (χ0v) is 18.4. The third kappa shape index (κ3) is 3.95. The van der Waals surface area contributed by atoms with Crippen LogP contribution in [0.25, 0.3) is 33.7 Å². The second-order valence-corrected chi connectivity index (χ2v) is 7.58. The topological polar surface area (TPSA) is 112 Å². The standard InChI is InChI=1S/C25H20N4O5/c1-32-18-9-6-16(7-10-18)22-27-23(34-28-22)17-8-11-20-21(13-17)26-25(31)29(24(20)30)14-15-4-3-5-19(12-15)33-2/h3-13H,14H2,1-2H3,(H,26,31). The quantitative estimate of drug-likeness (QED) is 0.416. The first-order chi connectivity index (χ1) is 16.6. The van der Waals surface area contributed by atoms with Crippen LogP contribution in [0.3, 0.4) is 0 Å². The molecule has 0 radical (unpaired) electrons. The number of aromatic amines is 1. The number of hydrogen-bond acceptors (Lipinski definition) is 7. The SMILES string of the molecule is COc1ccc(-c2noc(-c3ccc4c(=O)n(Cc5cccc(OC)c5)c(=O)[nH]c4c3)n2)cc1. The van der Waals surface area contributed by atoms with Crippen molar-refractivity contribution in [3.63, 3.8) is 0 Å². The van der Waals surface area contributed by atoms with E-state index in [4.69, 9.17) is 14.0 Å². The zero-order chi connectivity index (χ0) is 23.7. The van der Waals surface area contributed by atoms with E-state index in [0.717, 1.165) is 21.4 Å². The summed E-state index contributed by atoms with van der Waals surface area (Å²) in [6.07, 6.45) is 0. The molecule has 0 saturated carbocycles. The van der Waals surface area contributed by atoms with E-state index in [0.29, 0.717) is 28.0 Å². The average molecular weight is 456 g/mol. The van der Waals surface area contributed by atoms with Gasteiger partial charge < -0.3 is 19.0 Å². The number of nitrogens with zero attached hydrogens (tertiary/aromatic N) is 3. The monoisotopic (exact) mass is 456 g/mol. The van der Waals surface area contributed by atoms with E-state index in [1.54, 1.807) is 44.6 Å². The fraction of sp³-hybridized carbons (Fsp3) is 0.120. The molecule has 5 aromatic rings. The van der Waals surface area contributed by atoms with Crippen LogP contribution in [0.5, 0.6) is 11.5 Å². The van der Waals surface area contributed by atoms with E-state index in [9.17, 15) is 9.59 Å². The summed E-state index contributed by atoms with van der Waals surface area (Å²) >= 11 is 0. The molecule has 0 fully saturated rings. The van der Waals surface area contributed by atoms with Crippen LogP contribution in [0.1, 0.15) is 5.56 Å². The molecule has 0 aliphatic carbocycles. The maximum Gasteiger partial charge on any atom is 0.329 e. The Labute approximate surface area is 193 Å². The highest BCUT2D eigenvalue weighted by Gasteiger charge is 2.14. The molecule has 0 saturated heterocycles. The van der Waals surface area contributed by atoms with Crippen LogP contribution >= 0.6 is 0 Å². The van der Waals surface area contributed by atoms with Gasteiger partial charge in [-0.15, -0.1) is 0 Å². The van der Waals surface area contributed by atoms with E-state index >= 15 is 0 Å². The number of H-pyrrole nitrogens is 1. The Morgan fingerprint density at radius 2 is 1.68 bits per heavy atom. The van der Waals surface area contributed by atoms with Crippen molar-refractivity contribution in [2.75, 3.05) is 14.2 Å². The van der Waals surface area contributed by atoms with Crippen LogP contribution in [-0.4, -0.2) is 33.9 Å². The Balaban J connectivity index is 1.48. The Morgan fingerprint density at radius 1 is 0.912 bits per heavy atom. The minimum Gasteiger partial charge on any atom is -0.497 e. The van der Waals surface area contributed by atoms with Crippen LogP contribution in [0.15, 0.2) is 80.8 Å². The van der Waals surface area contributed by atoms with Gasteiger partial charge in [-0.3, -0.25) is 9.36 Å². The summed E-state index contributed by atoms with van der Waals surface area (Å²) in [5, 5.41) is 4.41. The molecule has 0 bridgehead atoms. The number of aromatic nitrogens is 4. The zero-order valence-electron chi connectivity index (χ0n) is 18.4. The van der Waals surface area contributed by atoms with E-state index in [-0.39, 0.29) is 12.4 Å². The maximum atomic E-state index is 13.0. The van der Waals surface area contributed by atoms with Gasteiger partial charge in [0.1, 0.15) is 11.5 Å². The molecule has 34 heavy (non-hydrogen) atoms. The molecule has 1 N–H and O–H groups in total. The molecular weight excluding hydrogens is 436 g/mol. The van der Waals surface area contributed by atoms with E-state index < -0.39 is 11.2 Å². The van der Waals surface area contributed by atoms with Gasteiger partial charge in [0.2, 0.25) is 5.82 Å². The normalized spacial score (nSPS) is 11.0. The molecule has 0 amide bonds. The minimum atomic E-state index is -0.512. The summed E-state index contributed by atoms with van der Waals surface area (Å²) in [7, 11) is 3.16. The van der Waals surface area contributed by atoms with Crippen molar-refractivity contribution in [1.29, 1.82) is 0 Å². The molecule has 0 aliphatic rings. The summed E-state index contributed by atoms with van der Waals surface area (Å²) in [4.78, 5) is 33.0. The second-order valence-electron chi connectivity index (χ2n) is 7.58. The Kier molecular flexibility index (Phi) is 5.43. The Hall–Kier alpha value is -4.66. The van der Waals surface area contributed by atoms with E-state index in [1.807, 2.05) is 36.4 Å². The molecule has 5 rings (SSSR count). The van der Waals surface area contributed by atoms with Crippen molar-refractivity contribution in [1.82, 2.24) is 19.7 Å². The lowest BCUT2D eigenvalue weighted by molar-refractivity contribution is 0.414. The Morgan fingerprint density at radius 3 is 2.44 bits per heavy atom. The molecule has 0 unspecified atom stereocenters. The van der Waals surface area contributed by atoms with Crippen molar-refractivity contribution >= 4 is 10.9 Å². The van der Waals surface area contributed by atoms with Crippen molar-refractivity contribution < 1.29 is 14.0 Å². The molecule has 9 nitrogen and oxygen atoms in total. The van der Waals surface area contributed by atoms with Crippen LogP contribution in [-0.2, 0) is 6.54 Å². The van der Waals surface area contributed by atoms with E-state index in [2.05, 4.69) is 15.1 Å². The van der Waals surface area contributed by atoms with Gasteiger partial charge >= 0.3 is 5.69 Å².